The quantitative estimate of drug-likeness (QED) is 0.865. The molecule has 4 heteroatoms. The van der Waals surface area contributed by atoms with Crippen LogP contribution in [0.1, 0.15) is 27.9 Å². The third kappa shape index (κ3) is 3.59. The highest BCUT2D eigenvalue weighted by Crippen LogP contribution is 2.32. The van der Waals surface area contributed by atoms with Crippen molar-refractivity contribution in [1.82, 2.24) is 14.8 Å². The highest BCUT2D eigenvalue weighted by molar-refractivity contribution is 5.94. The lowest BCUT2D eigenvalue weighted by atomic mass is 9.88. The second kappa shape index (κ2) is 6.96. The normalized spacial score (nSPS) is 23.5. The number of aryl methyl sites for hydroxylation is 1. The molecule has 1 amide bonds. The fourth-order valence-corrected chi connectivity index (χ4v) is 4.18. The number of fused-ring (bicyclic) bond motifs is 1. The van der Waals surface area contributed by atoms with Gasteiger partial charge < -0.3 is 4.90 Å². The van der Waals surface area contributed by atoms with Gasteiger partial charge in [0, 0.05) is 44.1 Å². The van der Waals surface area contributed by atoms with E-state index in [2.05, 4.69) is 33.8 Å². The SMILES string of the molecule is Cc1ccc(C(=O)N2C[C@H]3CCN(Cc4ccncc4)C[C@H]3C2)cc1. The monoisotopic (exact) mass is 335 g/mol. The number of pyridine rings is 1. The third-order valence-corrected chi connectivity index (χ3v) is 5.63. The molecule has 2 aromatic rings. The molecule has 3 heterocycles. The summed E-state index contributed by atoms with van der Waals surface area (Å²) in [6, 6.07) is 12.1. The molecule has 2 fully saturated rings. The molecule has 0 saturated carbocycles. The Morgan fingerprint density at radius 3 is 2.52 bits per heavy atom. The molecule has 2 saturated heterocycles. The molecule has 0 unspecified atom stereocenters. The van der Waals surface area contributed by atoms with E-state index < -0.39 is 0 Å². The van der Waals surface area contributed by atoms with Gasteiger partial charge in [-0.15, -0.1) is 0 Å². The summed E-state index contributed by atoms with van der Waals surface area (Å²) in [5.74, 6) is 1.45. The maximum Gasteiger partial charge on any atom is 0.253 e. The number of piperidine rings is 1. The first-order chi connectivity index (χ1) is 12.2. The van der Waals surface area contributed by atoms with Gasteiger partial charge in [-0.1, -0.05) is 17.7 Å². The van der Waals surface area contributed by atoms with E-state index in [9.17, 15) is 4.79 Å². The van der Waals surface area contributed by atoms with Gasteiger partial charge in [0.05, 0.1) is 0 Å². The zero-order valence-electron chi connectivity index (χ0n) is 14.8. The largest absolute Gasteiger partial charge is 0.338 e. The second-order valence-electron chi connectivity index (χ2n) is 7.48. The van der Waals surface area contributed by atoms with Crippen molar-refractivity contribution >= 4 is 5.91 Å². The van der Waals surface area contributed by atoms with Gasteiger partial charge in [0.15, 0.2) is 0 Å². The van der Waals surface area contributed by atoms with Crippen LogP contribution < -0.4 is 0 Å². The third-order valence-electron chi connectivity index (χ3n) is 5.63. The van der Waals surface area contributed by atoms with Crippen LogP contribution in [0.4, 0.5) is 0 Å². The Kier molecular flexibility index (Phi) is 4.53. The summed E-state index contributed by atoms with van der Waals surface area (Å²) in [7, 11) is 0. The van der Waals surface area contributed by atoms with E-state index in [0.29, 0.717) is 11.8 Å². The summed E-state index contributed by atoms with van der Waals surface area (Å²) < 4.78 is 0. The van der Waals surface area contributed by atoms with Crippen molar-refractivity contribution in [2.45, 2.75) is 19.9 Å². The number of amides is 1. The number of likely N-dealkylation sites (tertiary alicyclic amines) is 2. The van der Waals surface area contributed by atoms with Gasteiger partial charge in [-0.2, -0.15) is 0 Å². The molecular weight excluding hydrogens is 310 g/mol. The minimum absolute atomic E-state index is 0.190. The Balaban J connectivity index is 1.38. The van der Waals surface area contributed by atoms with Crippen LogP contribution in [0.2, 0.25) is 0 Å². The molecule has 1 aromatic heterocycles. The van der Waals surface area contributed by atoms with Crippen molar-refractivity contribution in [3.63, 3.8) is 0 Å². The molecule has 130 valence electrons. The molecule has 1 aromatic carbocycles. The van der Waals surface area contributed by atoms with Crippen LogP contribution in [0.3, 0.4) is 0 Å². The van der Waals surface area contributed by atoms with Crippen LogP contribution in [0.5, 0.6) is 0 Å². The minimum Gasteiger partial charge on any atom is -0.338 e. The van der Waals surface area contributed by atoms with E-state index in [-0.39, 0.29) is 5.91 Å². The Labute approximate surface area is 149 Å². The van der Waals surface area contributed by atoms with Gasteiger partial charge in [0.1, 0.15) is 0 Å². The smallest absolute Gasteiger partial charge is 0.253 e. The van der Waals surface area contributed by atoms with E-state index >= 15 is 0 Å². The summed E-state index contributed by atoms with van der Waals surface area (Å²) in [5, 5.41) is 0. The summed E-state index contributed by atoms with van der Waals surface area (Å²) in [4.78, 5) is 21.5. The molecule has 4 rings (SSSR count). The lowest BCUT2D eigenvalue weighted by Gasteiger charge is -2.34. The molecule has 0 spiro atoms. The average Bonchev–Trinajstić information content (AvgIpc) is 3.06. The van der Waals surface area contributed by atoms with Crippen LogP contribution >= 0.6 is 0 Å². The number of aromatic nitrogens is 1. The van der Waals surface area contributed by atoms with Crippen LogP contribution in [-0.4, -0.2) is 46.9 Å². The van der Waals surface area contributed by atoms with Crippen molar-refractivity contribution in [3.05, 3.63) is 65.5 Å². The van der Waals surface area contributed by atoms with E-state index in [1.807, 2.05) is 36.7 Å². The van der Waals surface area contributed by atoms with Crippen LogP contribution in [-0.2, 0) is 6.54 Å². The first-order valence-corrected chi connectivity index (χ1v) is 9.16. The van der Waals surface area contributed by atoms with Gasteiger partial charge in [-0.25, -0.2) is 0 Å². The predicted octanol–water partition coefficient (Wildman–Crippen LogP) is 2.98. The molecule has 0 aliphatic carbocycles. The van der Waals surface area contributed by atoms with Crippen molar-refractivity contribution in [3.8, 4) is 0 Å². The van der Waals surface area contributed by atoms with E-state index in [1.54, 1.807) is 0 Å². The van der Waals surface area contributed by atoms with Crippen molar-refractivity contribution in [2.24, 2.45) is 11.8 Å². The molecule has 0 bridgehead atoms. The number of nitrogens with zero attached hydrogens (tertiary/aromatic N) is 3. The summed E-state index contributed by atoms with van der Waals surface area (Å²) >= 11 is 0. The van der Waals surface area contributed by atoms with Gasteiger partial charge in [0.2, 0.25) is 0 Å². The fraction of sp³-hybridized carbons (Fsp3) is 0.429. The number of rotatable bonds is 3. The molecule has 2 aliphatic heterocycles. The van der Waals surface area contributed by atoms with Crippen molar-refractivity contribution in [1.29, 1.82) is 0 Å². The van der Waals surface area contributed by atoms with Crippen LogP contribution in [0, 0.1) is 18.8 Å². The first-order valence-electron chi connectivity index (χ1n) is 9.16. The Morgan fingerprint density at radius 2 is 1.76 bits per heavy atom. The highest BCUT2D eigenvalue weighted by atomic mass is 16.2. The molecule has 0 N–H and O–H groups in total. The minimum atomic E-state index is 0.190. The van der Waals surface area contributed by atoms with E-state index in [4.69, 9.17) is 0 Å². The van der Waals surface area contributed by atoms with Gasteiger partial charge >= 0.3 is 0 Å². The van der Waals surface area contributed by atoms with E-state index in [0.717, 1.165) is 38.3 Å². The number of hydrogen-bond acceptors (Lipinski definition) is 3. The fourth-order valence-electron chi connectivity index (χ4n) is 4.18. The Hall–Kier alpha value is -2.20. The number of carbonyl (C=O) groups excluding carboxylic acids is 1. The molecule has 4 nitrogen and oxygen atoms in total. The van der Waals surface area contributed by atoms with Gasteiger partial charge in [-0.3, -0.25) is 14.7 Å². The molecule has 25 heavy (non-hydrogen) atoms. The van der Waals surface area contributed by atoms with Crippen LogP contribution in [0.25, 0.3) is 0 Å². The zero-order chi connectivity index (χ0) is 17.2. The van der Waals surface area contributed by atoms with Crippen molar-refractivity contribution in [2.75, 3.05) is 26.2 Å². The molecule has 0 radical (unpaired) electrons. The lowest BCUT2D eigenvalue weighted by molar-refractivity contribution is 0.0783. The Morgan fingerprint density at radius 1 is 1.04 bits per heavy atom. The zero-order valence-corrected chi connectivity index (χ0v) is 14.8. The van der Waals surface area contributed by atoms with E-state index in [1.165, 1.54) is 17.5 Å². The number of hydrogen-bond donors (Lipinski definition) is 0. The summed E-state index contributed by atoms with van der Waals surface area (Å²) in [6.07, 6.45) is 4.91. The lowest BCUT2D eigenvalue weighted by Crippen LogP contribution is -2.39. The van der Waals surface area contributed by atoms with Gasteiger partial charge in [0.25, 0.3) is 5.91 Å². The molecule has 2 atom stereocenters. The maximum absolute atomic E-state index is 12.8. The van der Waals surface area contributed by atoms with Crippen molar-refractivity contribution < 1.29 is 4.79 Å². The summed E-state index contributed by atoms with van der Waals surface area (Å²) in [6.45, 7) is 7.05. The molecular formula is C21H25N3O. The molecule has 2 aliphatic rings. The standard InChI is InChI=1S/C21H25N3O/c1-16-2-4-18(5-3-16)21(25)24-14-19-8-11-23(13-20(19)15-24)12-17-6-9-22-10-7-17/h2-7,9-10,19-20H,8,11-15H2,1H3/t19-,20+/m1/s1. The topological polar surface area (TPSA) is 36.4 Å². The predicted molar refractivity (Wildman–Crippen MR) is 98.2 cm³/mol. The first kappa shape index (κ1) is 16.3. The van der Waals surface area contributed by atoms with Gasteiger partial charge in [-0.05, 0) is 61.6 Å². The number of benzene rings is 1. The second-order valence-corrected chi connectivity index (χ2v) is 7.48. The average molecular weight is 335 g/mol. The van der Waals surface area contributed by atoms with Crippen LogP contribution in [0.15, 0.2) is 48.8 Å². The number of carbonyl (C=O) groups is 1. The maximum atomic E-state index is 12.8. The highest BCUT2D eigenvalue weighted by Gasteiger charge is 2.38. The summed E-state index contributed by atoms with van der Waals surface area (Å²) in [5.41, 5.74) is 3.33. The Bertz CT molecular complexity index is 729.